The van der Waals surface area contributed by atoms with Gasteiger partial charge in [-0.05, 0) is 31.2 Å². The van der Waals surface area contributed by atoms with Gasteiger partial charge in [0.2, 0.25) is 20.7 Å². The number of sulfone groups is 1. The van der Waals surface area contributed by atoms with Crippen LogP contribution < -0.4 is 11.0 Å². The molecule has 0 atom stereocenters. The predicted octanol–water partition coefficient (Wildman–Crippen LogP) is 1.88. The Morgan fingerprint density at radius 2 is 1.61 bits per heavy atom. The highest BCUT2D eigenvalue weighted by molar-refractivity contribution is 8.09. The Bertz CT molecular complexity index is 1300. The third kappa shape index (κ3) is 2.51. The molecule has 0 saturated heterocycles. The lowest BCUT2D eigenvalue weighted by Gasteiger charge is -2.07. The number of hydrogen-bond acceptors (Lipinski definition) is 6. The van der Waals surface area contributed by atoms with Crippen molar-refractivity contribution in [2.75, 3.05) is 5.43 Å². The summed E-state index contributed by atoms with van der Waals surface area (Å²) in [5, 5.41) is 3.19. The number of ketones is 1. The summed E-state index contributed by atoms with van der Waals surface area (Å²) in [5.74, 6) is -0.694. The highest BCUT2D eigenvalue weighted by Crippen LogP contribution is 2.27. The molecule has 2 heterocycles. The number of para-hydroxylation sites is 1. The highest BCUT2D eigenvalue weighted by atomic mass is 32.2. The zero-order chi connectivity index (χ0) is 20.1. The van der Waals surface area contributed by atoms with Crippen LogP contribution in [-0.4, -0.2) is 28.6 Å². The van der Waals surface area contributed by atoms with Crippen molar-refractivity contribution in [3.8, 4) is 5.69 Å². The second-order valence-corrected chi connectivity index (χ2v) is 8.13. The van der Waals surface area contributed by atoms with Gasteiger partial charge in [-0.1, -0.05) is 30.3 Å². The molecular formula is C19H16N4O4S. The Kier molecular flexibility index (Phi) is 4.04. The third-order valence-electron chi connectivity index (χ3n) is 4.69. The lowest BCUT2D eigenvalue weighted by molar-refractivity contribution is 0.106. The molecule has 0 radical (unpaired) electrons. The first-order valence-corrected chi connectivity index (χ1v) is 9.89. The average molecular weight is 396 g/mol. The smallest absolute Gasteiger partial charge is 0.286 e. The predicted molar refractivity (Wildman–Crippen MR) is 105 cm³/mol. The SMILES string of the molecule is Cc1c(NN=C2C(=O)c3ccccc3S2(=O)=O)c(=O)n(-c2ccccc2)n1C. The van der Waals surface area contributed by atoms with Crippen molar-refractivity contribution < 1.29 is 13.2 Å². The molecule has 28 heavy (non-hydrogen) atoms. The number of hydrazone groups is 1. The first-order chi connectivity index (χ1) is 13.3. The van der Waals surface area contributed by atoms with E-state index in [4.69, 9.17) is 0 Å². The van der Waals surface area contributed by atoms with Gasteiger partial charge in [0.05, 0.1) is 16.3 Å². The summed E-state index contributed by atoms with van der Waals surface area (Å²) < 4.78 is 28.3. The Morgan fingerprint density at radius 1 is 0.964 bits per heavy atom. The maximum atomic E-state index is 12.9. The number of rotatable bonds is 3. The summed E-state index contributed by atoms with van der Waals surface area (Å²) >= 11 is 0. The van der Waals surface area contributed by atoms with Crippen LogP contribution in [-0.2, 0) is 16.9 Å². The molecule has 1 aromatic heterocycles. The minimum absolute atomic E-state index is 0.0768. The molecule has 3 aromatic rings. The first kappa shape index (κ1) is 17.9. The van der Waals surface area contributed by atoms with Gasteiger partial charge in [-0.25, -0.2) is 13.1 Å². The van der Waals surface area contributed by atoms with Gasteiger partial charge >= 0.3 is 0 Å². The van der Waals surface area contributed by atoms with Gasteiger partial charge in [-0.15, -0.1) is 0 Å². The number of carbonyl (C=O) groups is 1. The van der Waals surface area contributed by atoms with Gasteiger partial charge in [0.25, 0.3) is 5.56 Å². The van der Waals surface area contributed by atoms with Gasteiger partial charge < -0.3 is 0 Å². The van der Waals surface area contributed by atoms with Crippen LogP contribution in [0.5, 0.6) is 0 Å². The van der Waals surface area contributed by atoms with Gasteiger partial charge in [0, 0.05) is 12.6 Å². The summed E-state index contributed by atoms with van der Waals surface area (Å²) in [5.41, 5.74) is 3.46. The van der Waals surface area contributed by atoms with Crippen LogP contribution in [0.3, 0.4) is 0 Å². The van der Waals surface area contributed by atoms with Gasteiger partial charge in [-0.3, -0.25) is 19.7 Å². The number of anilines is 1. The van der Waals surface area contributed by atoms with E-state index in [1.165, 1.54) is 16.8 Å². The Balaban J connectivity index is 1.78. The molecule has 0 unspecified atom stereocenters. The molecular weight excluding hydrogens is 380 g/mol. The molecule has 2 aromatic carbocycles. The van der Waals surface area contributed by atoms with E-state index >= 15 is 0 Å². The second-order valence-electron chi connectivity index (χ2n) is 6.29. The third-order valence-corrected chi connectivity index (χ3v) is 6.41. The van der Waals surface area contributed by atoms with E-state index < -0.39 is 26.2 Å². The van der Waals surface area contributed by atoms with E-state index in [1.54, 1.807) is 55.1 Å². The first-order valence-electron chi connectivity index (χ1n) is 8.40. The fourth-order valence-electron chi connectivity index (χ4n) is 3.14. The molecule has 0 aliphatic carbocycles. The van der Waals surface area contributed by atoms with E-state index in [1.807, 2.05) is 6.07 Å². The summed E-state index contributed by atoms with van der Waals surface area (Å²) in [6, 6.07) is 14.9. The van der Waals surface area contributed by atoms with Crippen LogP contribution in [0.4, 0.5) is 5.69 Å². The number of nitrogens with zero attached hydrogens (tertiary/aromatic N) is 3. The summed E-state index contributed by atoms with van der Waals surface area (Å²) in [6.07, 6.45) is 0. The molecule has 0 amide bonds. The zero-order valence-electron chi connectivity index (χ0n) is 15.1. The molecule has 0 spiro atoms. The number of nitrogens with one attached hydrogen (secondary N) is 1. The molecule has 9 heteroatoms. The molecule has 1 N–H and O–H groups in total. The molecule has 8 nitrogen and oxygen atoms in total. The van der Waals surface area contributed by atoms with E-state index in [9.17, 15) is 18.0 Å². The van der Waals surface area contributed by atoms with Crippen molar-refractivity contribution >= 4 is 26.4 Å². The lowest BCUT2D eigenvalue weighted by Crippen LogP contribution is -2.21. The number of carbonyl (C=O) groups excluding carboxylic acids is 1. The largest absolute Gasteiger partial charge is 0.296 e. The normalized spacial score (nSPS) is 16.4. The Morgan fingerprint density at radius 3 is 2.29 bits per heavy atom. The fraction of sp³-hybridized carbons (Fsp3) is 0.105. The standard InChI is InChI=1S/C19H16N4O4S/c1-12-16(19(25)23(22(12)2)13-8-4-3-5-9-13)20-21-18-17(24)14-10-6-7-11-15(14)28(18,26)27/h3-11,20H,1-2H3. The van der Waals surface area contributed by atoms with Crippen LogP contribution in [0.1, 0.15) is 16.1 Å². The van der Waals surface area contributed by atoms with Gasteiger partial charge in [0.15, 0.2) is 0 Å². The number of hydrogen-bond donors (Lipinski definition) is 1. The number of benzene rings is 2. The molecule has 0 saturated carbocycles. The topological polar surface area (TPSA) is 103 Å². The highest BCUT2D eigenvalue weighted by Gasteiger charge is 2.41. The van der Waals surface area contributed by atoms with Crippen molar-refractivity contribution in [3.63, 3.8) is 0 Å². The lowest BCUT2D eigenvalue weighted by atomic mass is 10.1. The van der Waals surface area contributed by atoms with Crippen LogP contribution in [0.15, 0.2) is 69.4 Å². The Hall–Kier alpha value is -3.46. The van der Waals surface area contributed by atoms with Crippen molar-refractivity contribution in [1.29, 1.82) is 0 Å². The molecule has 0 bridgehead atoms. The molecule has 0 fully saturated rings. The zero-order valence-corrected chi connectivity index (χ0v) is 15.9. The second kappa shape index (κ2) is 6.31. The van der Waals surface area contributed by atoms with E-state index in [0.717, 1.165) is 0 Å². The average Bonchev–Trinajstić information content (AvgIpc) is 3.02. The van der Waals surface area contributed by atoms with Crippen LogP contribution in [0.25, 0.3) is 5.69 Å². The molecule has 4 rings (SSSR count). The minimum atomic E-state index is -4.02. The maximum absolute atomic E-state index is 12.9. The summed E-state index contributed by atoms with van der Waals surface area (Å²) in [4.78, 5) is 25.2. The van der Waals surface area contributed by atoms with E-state index in [0.29, 0.717) is 11.4 Å². The maximum Gasteiger partial charge on any atom is 0.296 e. The van der Waals surface area contributed by atoms with Crippen LogP contribution >= 0.6 is 0 Å². The van der Waals surface area contributed by atoms with E-state index in [2.05, 4.69) is 10.5 Å². The fourth-order valence-corrected chi connectivity index (χ4v) is 4.58. The van der Waals surface area contributed by atoms with Crippen LogP contribution in [0, 0.1) is 6.92 Å². The number of Topliss-reactive ketones (excluding diaryl/α,β-unsaturated/α-hetero) is 1. The van der Waals surface area contributed by atoms with Crippen molar-refractivity contribution in [2.45, 2.75) is 11.8 Å². The number of fused-ring (bicyclic) bond motifs is 1. The van der Waals surface area contributed by atoms with E-state index in [-0.39, 0.29) is 16.1 Å². The monoisotopic (exact) mass is 396 g/mol. The summed E-state index contributed by atoms with van der Waals surface area (Å²) in [6.45, 7) is 1.70. The van der Waals surface area contributed by atoms with Crippen LogP contribution in [0.2, 0.25) is 0 Å². The van der Waals surface area contributed by atoms with Crippen molar-refractivity contribution in [2.24, 2.45) is 12.1 Å². The molecule has 1 aliphatic rings. The summed E-state index contributed by atoms with van der Waals surface area (Å²) in [7, 11) is -2.32. The molecule has 1 aliphatic heterocycles. The van der Waals surface area contributed by atoms with Crippen molar-refractivity contribution in [3.05, 3.63) is 76.2 Å². The Labute approximate surface area is 160 Å². The van der Waals surface area contributed by atoms with Gasteiger partial charge in [0.1, 0.15) is 5.69 Å². The quantitative estimate of drug-likeness (QED) is 0.681. The minimum Gasteiger partial charge on any atom is -0.286 e. The van der Waals surface area contributed by atoms with Crippen molar-refractivity contribution in [1.82, 2.24) is 9.36 Å². The van der Waals surface area contributed by atoms with Gasteiger partial charge in [-0.2, -0.15) is 5.10 Å². The molecule has 142 valence electrons. The number of aromatic nitrogens is 2.